The van der Waals surface area contributed by atoms with Crippen LogP contribution in [-0.2, 0) is 0 Å². The van der Waals surface area contributed by atoms with E-state index in [1.807, 2.05) is 0 Å². The number of aromatic nitrogens is 1. The molecule has 1 N–H and O–H groups in total. The van der Waals surface area contributed by atoms with Crippen molar-refractivity contribution in [2.75, 3.05) is 6.54 Å². The first kappa shape index (κ1) is 9.33. The van der Waals surface area contributed by atoms with Gasteiger partial charge in [0.25, 0.3) is 5.91 Å². The molecule has 15 heavy (non-hydrogen) atoms. The Morgan fingerprint density at radius 2 is 2.40 bits per heavy atom. The molecule has 2 aliphatic carbocycles. The summed E-state index contributed by atoms with van der Waals surface area (Å²) in [5.74, 6) is 0.886. The summed E-state index contributed by atoms with van der Waals surface area (Å²) in [6.45, 7) is 0.855. The molecule has 1 aromatic rings. The molecule has 0 aliphatic heterocycles. The molecule has 0 saturated heterocycles. The van der Waals surface area contributed by atoms with Crippen molar-refractivity contribution in [3.8, 4) is 0 Å². The van der Waals surface area contributed by atoms with Crippen molar-refractivity contribution < 1.29 is 4.79 Å². The summed E-state index contributed by atoms with van der Waals surface area (Å²) in [4.78, 5) is 15.7. The predicted octanol–water partition coefficient (Wildman–Crippen LogP) is 2.06. The second kappa shape index (κ2) is 3.30. The zero-order valence-electron chi connectivity index (χ0n) is 8.53. The molecule has 0 radical (unpaired) electrons. The van der Waals surface area contributed by atoms with Crippen molar-refractivity contribution in [2.45, 2.75) is 25.7 Å². The number of nitrogens with zero attached hydrogens (tertiary/aromatic N) is 1. The molecule has 80 valence electrons. The minimum atomic E-state index is -0.0109. The fourth-order valence-electron chi connectivity index (χ4n) is 2.26. The van der Waals surface area contributed by atoms with Crippen LogP contribution in [0.1, 0.15) is 36.2 Å². The van der Waals surface area contributed by atoms with Gasteiger partial charge in [0.15, 0.2) is 0 Å². The summed E-state index contributed by atoms with van der Waals surface area (Å²) < 4.78 is 0. The fourth-order valence-corrected chi connectivity index (χ4v) is 2.79. The summed E-state index contributed by atoms with van der Waals surface area (Å²) in [5.41, 5.74) is 2.74. The topological polar surface area (TPSA) is 42.0 Å². The molecule has 0 bridgehead atoms. The standard InChI is InChI=1S/C11H14N2OS/c14-10(9-5-15-7-13-9)12-6-11(3-4-11)8-1-2-8/h5,7-8H,1-4,6H2,(H,12,14). The Kier molecular flexibility index (Phi) is 2.06. The van der Waals surface area contributed by atoms with Gasteiger partial charge in [0.1, 0.15) is 5.69 Å². The third-order valence-corrected chi connectivity index (χ3v) is 4.19. The highest BCUT2D eigenvalue weighted by atomic mass is 32.1. The van der Waals surface area contributed by atoms with Crippen molar-refractivity contribution in [1.29, 1.82) is 0 Å². The van der Waals surface area contributed by atoms with Gasteiger partial charge in [-0.05, 0) is 37.0 Å². The molecule has 0 spiro atoms. The van der Waals surface area contributed by atoms with Gasteiger partial charge in [0.2, 0.25) is 0 Å². The van der Waals surface area contributed by atoms with Gasteiger partial charge < -0.3 is 5.32 Å². The molecule has 3 nitrogen and oxygen atoms in total. The number of carbonyl (C=O) groups is 1. The Hall–Kier alpha value is -0.900. The molecular weight excluding hydrogens is 208 g/mol. The lowest BCUT2D eigenvalue weighted by Crippen LogP contribution is -2.31. The lowest BCUT2D eigenvalue weighted by atomic mass is 10.0. The van der Waals surface area contributed by atoms with Crippen LogP contribution in [-0.4, -0.2) is 17.4 Å². The van der Waals surface area contributed by atoms with Crippen LogP contribution in [0.4, 0.5) is 0 Å². The number of hydrogen-bond donors (Lipinski definition) is 1. The summed E-state index contributed by atoms with van der Waals surface area (Å²) >= 11 is 1.46. The third-order valence-electron chi connectivity index (χ3n) is 3.60. The van der Waals surface area contributed by atoms with Crippen LogP contribution in [0.15, 0.2) is 10.9 Å². The number of nitrogens with one attached hydrogen (secondary N) is 1. The summed E-state index contributed by atoms with van der Waals surface area (Å²) in [6, 6.07) is 0. The molecule has 1 aromatic heterocycles. The SMILES string of the molecule is O=C(NCC1(C2CC2)CC1)c1cscn1. The van der Waals surface area contributed by atoms with Crippen LogP contribution < -0.4 is 5.32 Å². The van der Waals surface area contributed by atoms with E-state index in [0.717, 1.165) is 12.5 Å². The van der Waals surface area contributed by atoms with Crippen LogP contribution in [0.5, 0.6) is 0 Å². The smallest absolute Gasteiger partial charge is 0.270 e. The second-order valence-electron chi connectivity index (χ2n) is 4.69. The van der Waals surface area contributed by atoms with Gasteiger partial charge in [0.05, 0.1) is 5.51 Å². The highest BCUT2D eigenvalue weighted by Crippen LogP contribution is 2.60. The van der Waals surface area contributed by atoms with E-state index in [1.54, 1.807) is 10.9 Å². The average molecular weight is 222 g/mol. The average Bonchev–Trinajstić information content (AvgIpc) is 3.14. The van der Waals surface area contributed by atoms with Crippen molar-refractivity contribution in [3.63, 3.8) is 0 Å². The number of amides is 1. The molecule has 2 aliphatic rings. The van der Waals surface area contributed by atoms with Gasteiger partial charge in [-0.1, -0.05) is 0 Å². The van der Waals surface area contributed by atoms with E-state index in [2.05, 4.69) is 10.3 Å². The van der Waals surface area contributed by atoms with Crippen LogP contribution >= 0.6 is 11.3 Å². The van der Waals surface area contributed by atoms with E-state index >= 15 is 0 Å². The van der Waals surface area contributed by atoms with Gasteiger partial charge in [-0.3, -0.25) is 4.79 Å². The normalized spacial score (nSPS) is 22.4. The maximum atomic E-state index is 11.7. The highest BCUT2D eigenvalue weighted by Gasteiger charge is 2.53. The first-order chi connectivity index (χ1) is 7.30. The Morgan fingerprint density at radius 3 is 2.93 bits per heavy atom. The summed E-state index contributed by atoms with van der Waals surface area (Å²) in [6.07, 6.45) is 5.34. The number of carbonyl (C=O) groups excluding carboxylic acids is 1. The maximum absolute atomic E-state index is 11.7. The maximum Gasteiger partial charge on any atom is 0.270 e. The largest absolute Gasteiger partial charge is 0.350 e. The molecule has 1 amide bonds. The van der Waals surface area contributed by atoms with Gasteiger partial charge in [-0.2, -0.15) is 0 Å². The van der Waals surface area contributed by atoms with Crippen LogP contribution in [0, 0.1) is 11.3 Å². The van der Waals surface area contributed by atoms with Crippen LogP contribution in [0.3, 0.4) is 0 Å². The molecule has 4 heteroatoms. The molecule has 2 saturated carbocycles. The molecule has 1 heterocycles. The first-order valence-electron chi connectivity index (χ1n) is 5.47. The van der Waals surface area contributed by atoms with Crippen molar-refractivity contribution in [2.24, 2.45) is 11.3 Å². The number of rotatable bonds is 4. The number of thiazole rings is 1. The van der Waals surface area contributed by atoms with Crippen LogP contribution in [0.25, 0.3) is 0 Å². The van der Waals surface area contributed by atoms with Crippen LogP contribution in [0.2, 0.25) is 0 Å². The van der Waals surface area contributed by atoms with E-state index in [-0.39, 0.29) is 5.91 Å². The lowest BCUT2D eigenvalue weighted by molar-refractivity contribution is 0.0938. The van der Waals surface area contributed by atoms with E-state index in [1.165, 1.54) is 37.0 Å². The second-order valence-corrected chi connectivity index (χ2v) is 5.41. The zero-order chi connectivity index (χ0) is 10.3. The molecule has 3 rings (SSSR count). The first-order valence-corrected chi connectivity index (χ1v) is 6.41. The van der Waals surface area contributed by atoms with Crippen molar-refractivity contribution in [3.05, 3.63) is 16.6 Å². The quantitative estimate of drug-likeness (QED) is 0.847. The Bertz CT molecular complexity index is 366. The molecule has 2 fully saturated rings. The third kappa shape index (κ3) is 1.78. The molecule has 0 atom stereocenters. The minimum Gasteiger partial charge on any atom is -0.350 e. The van der Waals surface area contributed by atoms with Crippen molar-refractivity contribution in [1.82, 2.24) is 10.3 Å². The van der Waals surface area contributed by atoms with E-state index in [9.17, 15) is 4.79 Å². The molecule has 0 aromatic carbocycles. The fraction of sp³-hybridized carbons (Fsp3) is 0.636. The van der Waals surface area contributed by atoms with Gasteiger partial charge in [-0.25, -0.2) is 4.98 Å². The molecular formula is C11H14N2OS. The van der Waals surface area contributed by atoms with E-state index in [0.29, 0.717) is 11.1 Å². The highest BCUT2D eigenvalue weighted by molar-refractivity contribution is 7.07. The predicted molar refractivity (Wildman–Crippen MR) is 58.8 cm³/mol. The Morgan fingerprint density at radius 1 is 1.60 bits per heavy atom. The van der Waals surface area contributed by atoms with Gasteiger partial charge in [0, 0.05) is 11.9 Å². The molecule has 0 unspecified atom stereocenters. The van der Waals surface area contributed by atoms with E-state index < -0.39 is 0 Å². The summed E-state index contributed by atoms with van der Waals surface area (Å²) in [7, 11) is 0. The Balaban J connectivity index is 1.56. The van der Waals surface area contributed by atoms with E-state index in [4.69, 9.17) is 0 Å². The lowest BCUT2D eigenvalue weighted by Gasteiger charge is -2.14. The monoisotopic (exact) mass is 222 g/mol. The van der Waals surface area contributed by atoms with Gasteiger partial charge in [-0.15, -0.1) is 11.3 Å². The van der Waals surface area contributed by atoms with Gasteiger partial charge >= 0.3 is 0 Å². The zero-order valence-corrected chi connectivity index (χ0v) is 9.35. The summed E-state index contributed by atoms with van der Waals surface area (Å²) in [5, 5.41) is 4.81. The Labute approximate surface area is 92.9 Å². The minimum absolute atomic E-state index is 0.0109. The van der Waals surface area contributed by atoms with Crippen molar-refractivity contribution >= 4 is 17.2 Å². The number of hydrogen-bond acceptors (Lipinski definition) is 3.